The van der Waals surface area contributed by atoms with Crippen LogP contribution in [0.5, 0.6) is 0 Å². The average Bonchev–Trinajstić information content (AvgIpc) is 3.33. The highest BCUT2D eigenvalue weighted by Crippen LogP contribution is 2.48. The van der Waals surface area contributed by atoms with E-state index in [-0.39, 0.29) is 0 Å². The van der Waals surface area contributed by atoms with Gasteiger partial charge in [-0.25, -0.2) is 0 Å². The van der Waals surface area contributed by atoms with Crippen LogP contribution in [0.15, 0.2) is 48.5 Å². The molecular weight excluding hydrogens is 334 g/mol. The predicted octanol–water partition coefficient (Wildman–Crippen LogP) is 4.03. The van der Waals surface area contributed by atoms with Gasteiger partial charge in [0.15, 0.2) is 0 Å². The van der Waals surface area contributed by atoms with E-state index >= 15 is 0 Å². The second-order valence-electron chi connectivity index (χ2n) is 6.24. The Morgan fingerprint density at radius 1 is 1.04 bits per heavy atom. The summed E-state index contributed by atoms with van der Waals surface area (Å²) >= 11 is 1.34. The first-order chi connectivity index (χ1) is 12.1. The highest BCUT2D eigenvalue weighted by atomic mass is 32.1. The summed E-state index contributed by atoms with van der Waals surface area (Å²) in [6.45, 7) is 0. The van der Waals surface area contributed by atoms with Gasteiger partial charge in [-0.2, -0.15) is 0 Å². The fourth-order valence-electron chi connectivity index (χ4n) is 3.10. The molecule has 0 atom stereocenters. The number of carboxylic acid groups (broad SMARTS) is 1. The van der Waals surface area contributed by atoms with Crippen molar-refractivity contribution in [2.24, 2.45) is 0 Å². The van der Waals surface area contributed by atoms with Crippen LogP contribution < -0.4 is 5.32 Å². The summed E-state index contributed by atoms with van der Waals surface area (Å²) in [5, 5.41) is 17.6. The Morgan fingerprint density at radius 2 is 1.60 bits per heavy atom. The predicted molar refractivity (Wildman–Crippen MR) is 98.9 cm³/mol. The van der Waals surface area contributed by atoms with Crippen LogP contribution in [-0.2, 0) is 10.2 Å². The molecule has 1 heterocycles. The lowest BCUT2D eigenvalue weighted by atomic mass is 9.93. The van der Waals surface area contributed by atoms with Crippen molar-refractivity contribution in [3.05, 3.63) is 54.1 Å². The maximum atomic E-state index is 11.4. The van der Waals surface area contributed by atoms with Gasteiger partial charge in [-0.15, -0.1) is 5.10 Å². The summed E-state index contributed by atoms with van der Waals surface area (Å²) in [6, 6.07) is 16.0. The highest BCUT2D eigenvalue weighted by molar-refractivity contribution is 7.10. The van der Waals surface area contributed by atoms with Gasteiger partial charge in [0.05, 0.1) is 5.41 Å². The number of rotatable bonds is 5. The summed E-state index contributed by atoms with van der Waals surface area (Å²) in [4.78, 5) is 11.4. The van der Waals surface area contributed by atoms with Gasteiger partial charge < -0.3 is 10.4 Å². The third-order valence-corrected chi connectivity index (χ3v) is 5.55. The molecule has 1 aliphatic rings. The van der Waals surface area contributed by atoms with E-state index in [0.717, 1.165) is 45.8 Å². The minimum Gasteiger partial charge on any atom is -0.481 e. The minimum absolute atomic E-state index is 0.649. The van der Waals surface area contributed by atoms with Gasteiger partial charge in [-0.1, -0.05) is 53.0 Å². The second-order valence-corrected chi connectivity index (χ2v) is 7.00. The third-order valence-electron chi connectivity index (χ3n) is 4.80. The number of hydrogen-bond donors (Lipinski definition) is 2. The third kappa shape index (κ3) is 2.68. The maximum Gasteiger partial charge on any atom is 0.314 e. The number of nitrogens with zero attached hydrogens (tertiary/aromatic N) is 2. The molecule has 5 nitrogen and oxygen atoms in total. The molecule has 1 aliphatic carbocycles. The monoisotopic (exact) mass is 351 g/mol. The van der Waals surface area contributed by atoms with Gasteiger partial charge >= 0.3 is 5.97 Å². The molecule has 0 saturated heterocycles. The Balaban J connectivity index is 1.59. The molecule has 1 fully saturated rings. The number of hydrogen-bond acceptors (Lipinski definition) is 5. The zero-order valence-electron chi connectivity index (χ0n) is 13.7. The van der Waals surface area contributed by atoms with Gasteiger partial charge in [0, 0.05) is 24.1 Å². The summed E-state index contributed by atoms with van der Waals surface area (Å²) in [5.41, 5.74) is 4.27. The minimum atomic E-state index is -0.721. The first kappa shape index (κ1) is 15.8. The number of benzene rings is 2. The van der Waals surface area contributed by atoms with Crippen molar-refractivity contribution in [1.82, 2.24) is 9.59 Å². The molecule has 4 rings (SSSR count). The van der Waals surface area contributed by atoms with Crippen molar-refractivity contribution in [3.8, 4) is 22.4 Å². The average molecular weight is 351 g/mol. The summed E-state index contributed by atoms with van der Waals surface area (Å²) < 4.78 is 3.98. The van der Waals surface area contributed by atoms with E-state index in [1.54, 1.807) is 0 Å². The highest BCUT2D eigenvalue weighted by Gasteiger charge is 2.51. The molecule has 0 bridgehead atoms. The molecule has 0 unspecified atom stereocenters. The van der Waals surface area contributed by atoms with E-state index in [1.807, 2.05) is 55.6 Å². The standard InChI is InChI=1S/C19H17N3O2S/c1-20-17-16(21-22-25-17)14-4-2-12(3-5-14)13-6-8-15(9-7-13)19(10-11-19)18(23)24/h2-9,20H,10-11H2,1H3,(H,23,24). The van der Waals surface area contributed by atoms with E-state index in [4.69, 9.17) is 0 Å². The molecule has 3 aromatic rings. The van der Waals surface area contributed by atoms with E-state index in [2.05, 4.69) is 14.9 Å². The first-order valence-corrected chi connectivity index (χ1v) is 8.86. The topological polar surface area (TPSA) is 75.1 Å². The van der Waals surface area contributed by atoms with Gasteiger partial charge in [0.2, 0.25) is 0 Å². The number of aliphatic carboxylic acids is 1. The number of carbonyl (C=O) groups is 1. The van der Waals surface area contributed by atoms with E-state index in [9.17, 15) is 9.90 Å². The quantitative estimate of drug-likeness (QED) is 0.726. The fourth-order valence-corrected chi connectivity index (χ4v) is 3.64. The van der Waals surface area contributed by atoms with E-state index < -0.39 is 11.4 Å². The van der Waals surface area contributed by atoms with Crippen LogP contribution in [0.3, 0.4) is 0 Å². The smallest absolute Gasteiger partial charge is 0.314 e. The molecule has 0 aliphatic heterocycles. The molecule has 6 heteroatoms. The van der Waals surface area contributed by atoms with Crippen LogP contribution in [0, 0.1) is 0 Å². The van der Waals surface area contributed by atoms with Crippen molar-refractivity contribution in [2.75, 3.05) is 12.4 Å². The molecule has 0 amide bonds. The number of nitrogens with one attached hydrogen (secondary N) is 1. The number of carboxylic acids is 1. The lowest BCUT2D eigenvalue weighted by Crippen LogP contribution is -2.19. The molecule has 25 heavy (non-hydrogen) atoms. The van der Waals surface area contributed by atoms with Crippen LogP contribution in [0.4, 0.5) is 5.00 Å². The van der Waals surface area contributed by atoms with Crippen LogP contribution in [0.1, 0.15) is 18.4 Å². The fraction of sp³-hybridized carbons (Fsp3) is 0.211. The summed E-state index contributed by atoms with van der Waals surface area (Å²) in [6.07, 6.45) is 1.46. The second kappa shape index (κ2) is 5.97. The zero-order chi connectivity index (χ0) is 17.4. The molecule has 126 valence electrons. The van der Waals surface area contributed by atoms with Crippen molar-refractivity contribution in [3.63, 3.8) is 0 Å². The molecule has 0 spiro atoms. The van der Waals surface area contributed by atoms with Crippen LogP contribution >= 0.6 is 11.5 Å². The number of anilines is 1. The SMILES string of the molecule is CNc1snnc1-c1ccc(-c2ccc(C3(C(=O)O)CC3)cc2)cc1. The summed E-state index contributed by atoms with van der Waals surface area (Å²) in [7, 11) is 1.86. The van der Waals surface area contributed by atoms with Crippen LogP contribution in [0.2, 0.25) is 0 Å². The zero-order valence-corrected chi connectivity index (χ0v) is 14.5. The van der Waals surface area contributed by atoms with Crippen LogP contribution in [-0.4, -0.2) is 27.7 Å². The lowest BCUT2D eigenvalue weighted by molar-refractivity contribution is -0.140. The van der Waals surface area contributed by atoms with Gasteiger partial charge in [0.25, 0.3) is 0 Å². The molecule has 1 aromatic heterocycles. The molecule has 0 radical (unpaired) electrons. The molecule has 2 aromatic carbocycles. The normalized spacial score (nSPS) is 14.9. The Morgan fingerprint density at radius 3 is 2.12 bits per heavy atom. The summed E-state index contributed by atoms with van der Waals surface area (Å²) in [5.74, 6) is -0.721. The lowest BCUT2D eigenvalue weighted by Gasteiger charge is -2.11. The van der Waals surface area contributed by atoms with Gasteiger partial charge in [-0.3, -0.25) is 4.79 Å². The van der Waals surface area contributed by atoms with E-state index in [0.29, 0.717) is 0 Å². The van der Waals surface area contributed by atoms with Crippen molar-refractivity contribution < 1.29 is 9.90 Å². The number of aromatic nitrogens is 2. The maximum absolute atomic E-state index is 11.4. The van der Waals surface area contributed by atoms with Gasteiger partial charge in [-0.05, 0) is 29.5 Å². The molecule has 1 saturated carbocycles. The van der Waals surface area contributed by atoms with Crippen LogP contribution in [0.25, 0.3) is 22.4 Å². The van der Waals surface area contributed by atoms with E-state index in [1.165, 1.54) is 11.5 Å². The largest absolute Gasteiger partial charge is 0.481 e. The van der Waals surface area contributed by atoms with Gasteiger partial charge in [0.1, 0.15) is 10.7 Å². The molecule has 2 N–H and O–H groups in total. The Bertz CT molecular complexity index is 913. The first-order valence-electron chi connectivity index (χ1n) is 8.09. The van der Waals surface area contributed by atoms with Crippen molar-refractivity contribution in [2.45, 2.75) is 18.3 Å². The Hall–Kier alpha value is -2.73. The van der Waals surface area contributed by atoms with Crippen molar-refractivity contribution in [1.29, 1.82) is 0 Å². The Kier molecular flexibility index (Phi) is 3.77. The molecular formula is C19H17N3O2S. The van der Waals surface area contributed by atoms with Crippen molar-refractivity contribution >= 4 is 22.5 Å². The Labute approximate surface area is 149 Å².